The number of aliphatic hydroxyl groups is 6. The van der Waals surface area contributed by atoms with Gasteiger partial charge in [0.2, 0.25) is 0 Å². The number of nitrogens with two attached hydrogens (primary N) is 1. The maximum atomic E-state index is 10.3. The topological polar surface area (TPSA) is 194 Å². The van der Waals surface area contributed by atoms with E-state index in [1.165, 1.54) is 14.0 Å². The molecule has 2 saturated heterocycles. The fraction of sp³-hybridized carbons (Fsp3) is 1.00. The van der Waals surface area contributed by atoms with Crippen LogP contribution in [-0.2, 0) is 23.8 Å². The average molecular weight is 385 g/mol. The fourth-order valence-corrected chi connectivity index (χ4v) is 3.01. The van der Waals surface area contributed by atoms with E-state index in [9.17, 15) is 30.6 Å². The highest BCUT2D eigenvalue weighted by molar-refractivity contribution is 4.99. The fourth-order valence-electron chi connectivity index (χ4n) is 3.01. The van der Waals surface area contributed by atoms with Crippen LogP contribution in [-0.4, -0.2) is 112 Å². The van der Waals surface area contributed by atoms with Gasteiger partial charge in [-0.25, -0.2) is 5.90 Å². The normalized spacial score (nSPS) is 50.0. The van der Waals surface area contributed by atoms with Crippen molar-refractivity contribution in [1.29, 1.82) is 0 Å². The van der Waals surface area contributed by atoms with Crippen LogP contribution in [0, 0.1) is 0 Å². The lowest BCUT2D eigenvalue weighted by atomic mass is 9.86. The Morgan fingerprint density at radius 3 is 2.15 bits per heavy atom. The Morgan fingerprint density at radius 1 is 1.00 bits per heavy atom. The van der Waals surface area contributed by atoms with Crippen molar-refractivity contribution in [2.45, 2.75) is 67.8 Å². The van der Waals surface area contributed by atoms with Crippen LogP contribution >= 0.6 is 0 Å². The van der Waals surface area contributed by atoms with Gasteiger partial charge in [-0.2, -0.15) is 0 Å². The number of rotatable bonds is 6. The largest absolute Gasteiger partial charge is 0.394 e. The van der Waals surface area contributed by atoms with Gasteiger partial charge in [0.25, 0.3) is 0 Å². The van der Waals surface area contributed by atoms with E-state index in [0.29, 0.717) is 0 Å². The van der Waals surface area contributed by atoms with Crippen LogP contribution in [0.25, 0.3) is 0 Å². The summed E-state index contributed by atoms with van der Waals surface area (Å²) in [6, 6.07) is 0. The van der Waals surface area contributed by atoms with Gasteiger partial charge in [-0.3, -0.25) is 4.84 Å². The van der Waals surface area contributed by atoms with E-state index in [-0.39, 0.29) is 6.61 Å². The van der Waals surface area contributed by atoms with Crippen LogP contribution < -0.4 is 5.90 Å². The number of methoxy groups -OCH3 is 1. The van der Waals surface area contributed by atoms with Crippen LogP contribution in [0.4, 0.5) is 0 Å². The zero-order valence-corrected chi connectivity index (χ0v) is 14.4. The summed E-state index contributed by atoms with van der Waals surface area (Å²) in [5.74, 6) is 5.03. The van der Waals surface area contributed by atoms with Gasteiger partial charge in [-0.15, -0.1) is 0 Å². The van der Waals surface area contributed by atoms with E-state index in [4.69, 9.17) is 24.8 Å². The lowest BCUT2D eigenvalue weighted by Gasteiger charge is -2.46. The van der Waals surface area contributed by atoms with Crippen molar-refractivity contribution in [3.63, 3.8) is 0 Å². The van der Waals surface area contributed by atoms with E-state index in [1.807, 2.05) is 0 Å². The molecule has 0 bridgehead atoms. The molecule has 0 spiro atoms. The highest BCUT2D eigenvalue weighted by Gasteiger charge is 2.53. The maximum absolute atomic E-state index is 10.3. The molecule has 8 N–H and O–H groups in total. The second-order valence-corrected chi connectivity index (χ2v) is 6.53. The van der Waals surface area contributed by atoms with E-state index in [1.54, 1.807) is 0 Å². The Balaban J connectivity index is 2.03. The number of ether oxygens (including phenoxy) is 4. The lowest BCUT2D eigenvalue weighted by Crippen LogP contribution is -2.66. The van der Waals surface area contributed by atoms with Crippen molar-refractivity contribution in [3.8, 4) is 0 Å². The zero-order chi connectivity index (χ0) is 19.6. The summed E-state index contributed by atoms with van der Waals surface area (Å²) in [6.45, 7) is 0.274. The molecule has 0 radical (unpaired) electrons. The average Bonchev–Trinajstić information content (AvgIpc) is 2.62. The number of hydrogen-bond donors (Lipinski definition) is 7. The molecule has 2 rings (SSSR count). The molecule has 12 nitrogen and oxygen atoms in total. The molecular formula is C14H27NO11. The van der Waals surface area contributed by atoms with Crippen molar-refractivity contribution in [1.82, 2.24) is 0 Å². The molecular weight excluding hydrogens is 358 g/mol. The van der Waals surface area contributed by atoms with Gasteiger partial charge >= 0.3 is 0 Å². The van der Waals surface area contributed by atoms with Gasteiger partial charge in [0.15, 0.2) is 12.6 Å². The minimum Gasteiger partial charge on any atom is -0.394 e. The Bertz CT molecular complexity index is 451. The summed E-state index contributed by atoms with van der Waals surface area (Å²) in [7, 11) is 1.25. The van der Waals surface area contributed by atoms with Crippen LogP contribution in [0.2, 0.25) is 0 Å². The third kappa shape index (κ3) is 4.01. The van der Waals surface area contributed by atoms with E-state index in [0.717, 1.165) is 0 Å². The Hall–Kier alpha value is -0.480. The number of hydrogen-bond acceptors (Lipinski definition) is 12. The lowest BCUT2D eigenvalue weighted by molar-refractivity contribution is -0.344. The van der Waals surface area contributed by atoms with Gasteiger partial charge in [0.1, 0.15) is 48.3 Å². The van der Waals surface area contributed by atoms with Gasteiger partial charge in [-0.05, 0) is 6.92 Å². The molecule has 0 aromatic heterocycles. The molecule has 2 heterocycles. The standard InChI is InChI=1S/C14H27NO11/c1-14(21)10(19)6(25-13(22-2)11(14)20)4-23-12-8(18)7(17)9(26-15)5(3-16)24-12/h5-13,16-21H,3-4,15H2,1-2H3/t5?,6?,7?,8?,9-,10-,11?,12+,13+,14?/m1/s1. The summed E-state index contributed by atoms with van der Waals surface area (Å²) < 4.78 is 20.9. The maximum Gasteiger partial charge on any atom is 0.186 e. The quantitative estimate of drug-likeness (QED) is 0.217. The van der Waals surface area contributed by atoms with Crippen LogP contribution in [0.1, 0.15) is 6.92 Å². The van der Waals surface area contributed by atoms with Crippen molar-refractivity contribution >= 4 is 0 Å². The molecule has 12 heteroatoms. The van der Waals surface area contributed by atoms with E-state index in [2.05, 4.69) is 4.84 Å². The van der Waals surface area contributed by atoms with Crippen molar-refractivity contribution in [2.24, 2.45) is 5.90 Å². The van der Waals surface area contributed by atoms with Crippen molar-refractivity contribution in [3.05, 3.63) is 0 Å². The van der Waals surface area contributed by atoms with Crippen molar-refractivity contribution in [2.75, 3.05) is 20.3 Å². The highest BCUT2D eigenvalue weighted by atomic mass is 16.7. The first-order chi connectivity index (χ1) is 12.2. The molecule has 26 heavy (non-hydrogen) atoms. The molecule has 0 aliphatic carbocycles. The molecule has 10 atom stereocenters. The molecule has 154 valence electrons. The first kappa shape index (κ1) is 21.8. The molecule has 0 aromatic carbocycles. The minimum absolute atomic E-state index is 0.384. The van der Waals surface area contributed by atoms with Crippen LogP contribution in [0.15, 0.2) is 0 Å². The van der Waals surface area contributed by atoms with Gasteiger partial charge < -0.3 is 49.6 Å². The van der Waals surface area contributed by atoms with Crippen LogP contribution in [0.3, 0.4) is 0 Å². The summed E-state index contributed by atoms with van der Waals surface area (Å²) in [6.07, 6.45) is -12.1. The predicted octanol–water partition coefficient (Wildman–Crippen LogP) is -4.45. The Labute approximate surface area is 149 Å². The zero-order valence-electron chi connectivity index (χ0n) is 14.4. The van der Waals surface area contributed by atoms with Gasteiger partial charge in [0.05, 0.1) is 13.2 Å². The van der Waals surface area contributed by atoms with E-state index < -0.39 is 67.5 Å². The third-order valence-corrected chi connectivity index (χ3v) is 4.75. The second kappa shape index (κ2) is 8.68. The first-order valence-corrected chi connectivity index (χ1v) is 8.05. The second-order valence-electron chi connectivity index (χ2n) is 6.53. The first-order valence-electron chi connectivity index (χ1n) is 8.05. The van der Waals surface area contributed by atoms with Gasteiger partial charge in [0, 0.05) is 7.11 Å². The van der Waals surface area contributed by atoms with E-state index >= 15 is 0 Å². The SMILES string of the molecule is CO[C@H]1OC(CO[C@H]2OC(CO)[C@@H](ON)C(O)C2O)[C@@H](O)C(C)(O)C1O. The molecule has 2 aliphatic heterocycles. The summed E-state index contributed by atoms with van der Waals surface area (Å²) in [5.41, 5.74) is -1.94. The Kier molecular flexibility index (Phi) is 7.29. The molecule has 2 fully saturated rings. The molecule has 0 amide bonds. The summed E-state index contributed by atoms with van der Waals surface area (Å²) in [5, 5.41) is 59.8. The third-order valence-electron chi connectivity index (χ3n) is 4.75. The molecule has 0 aromatic rings. The Morgan fingerprint density at radius 2 is 1.62 bits per heavy atom. The van der Waals surface area contributed by atoms with Crippen LogP contribution in [0.5, 0.6) is 0 Å². The minimum atomic E-state index is -1.94. The smallest absolute Gasteiger partial charge is 0.186 e. The summed E-state index contributed by atoms with van der Waals surface area (Å²) in [4.78, 5) is 4.51. The monoisotopic (exact) mass is 385 g/mol. The molecule has 2 aliphatic rings. The summed E-state index contributed by atoms with van der Waals surface area (Å²) >= 11 is 0. The molecule has 0 saturated carbocycles. The van der Waals surface area contributed by atoms with Crippen molar-refractivity contribution < 1.29 is 54.4 Å². The van der Waals surface area contributed by atoms with Gasteiger partial charge in [-0.1, -0.05) is 0 Å². The predicted molar refractivity (Wildman–Crippen MR) is 81.1 cm³/mol. The highest BCUT2D eigenvalue weighted by Crippen LogP contribution is 2.31. The molecule has 6 unspecified atom stereocenters. The number of aliphatic hydroxyl groups excluding tert-OH is 5.